The topological polar surface area (TPSA) is 64.7 Å². The van der Waals surface area contributed by atoms with Gasteiger partial charge in [-0.15, -0.1) is 0 Å². The van der Waals surface area contributed by atoms with Crippen LogP contribution in [-0.2, 0) is 15.3 Å². The molecule has 1 fully saturated rings. The summed E-state index contributed by atoms with van der Waals surface area (Å²) in [5, 5.41) is 8.70. The van der Waals surface area contributed by atoms with Crippen molar-refractivity contribution >= 4 is 0 Å². The number of oxazole rings is 1. The van der Waals surface area contributed by atoms with Crippen LogP contribution in [0.2, 0.25) is 0 Å². The van der Waals surface area contributed by atoms with Crippen molar-refractivity contribution in [2.75, 3.05) is 19.8 Å². The number of aliphatic hydroxyl groups excluding tert-OH is 1. The normalized spacial score (nSPS) is 18.6. The summed E-state index contributed by atoms with van der Waals surface area (Å²) in [6.45, 7) is 1.43. The summed E-state index contributed by atoms with van der Waals surface area (Å²) < 4.78 is 16.6. The van der Waals surface area contributed by atoms with Crippen LogP contribution in [-0.4, -0.2) is 29.9 Å². The van der Waals surface area contributed by atoms with Gasteiger partial charge < -0.3 is 19.0 Å². The van der Waals surface area contributed by atoms with Gasteiger partial charge in [-0.2, -0.15) is 0 Å². The van der Waals surface area contributed by atoms with E-state index in [1.54, 1.807) is 6.20 Å². The number of nitrogens with zero attached hydrogens (tertiary/aromatic N) is 1. The highest BCUT2D eigenvalue weighted by atomic mass is 16.7. The van der Waals surface area contributed by atoms with Crippen molar-refractivity contribution in [3.63, 3.8) is 0 Å². The van der Waals surface area contributed by atoms with E-state index in [2.05, 4.69) is 4.98 Å². The molecule has 0 atom stereocenters. The zero-order chi connectivity index (χ0) is 12.0. The highest BCUT2D eigenvalue weighted by Crippen LogP contribution is 2.35. The average Bonchev–Trinajstić information content (AvgIpc) is 3.00. The number of hydrogen-bond acceptors (Lipinski definition) is 5. The van der Waals surface area contributed by atoms with Gasteiger partial charge in [-0.05, 0) is 12.8 Å². The maximum absolute atomic E-state index is 8.70. The first-order valence-electron chi connectivity index (χ1n) is 6.16. The summed E-state index contributed by atoms with van der Waals surface area (Å²) in [6, 6.07) is 0. The van der Waals surface area contributed by atoms with Gasteiger partial charge in [-0.3, -0.25) is 0 Å². The molecule has 0 aromatic carbocycles. The Labute approximate surface area is 101 Å². The van der Waals surface area contributed by atoms with Gasteiger partial charge in [0.2, 0.25) is 5.79 Å². The second-order valence-electron chi connectivity index (χ2n) is 4.17. The van der Waals surface area contributed by atoms with E-state index in [9.17, 15) is 0 Å². The molecule has 1 aliphatic rings. The molecule has 0 amide bonds. The van der Waals surface area contributed by atoms with E-state index >= 15 is 0 Å². The minimum atomic E-state index is -0.775. The molecule has 0 spiro atoms. The second kappa shape index (κ2) is 6.14. The van der Waals surface area contributed by atoms with Gasteiger partial charge in [-0.1, -0.05) is 12.8 Å². The third-order valence-corrected chi connectivity index (χ3v) is 2.93. The standard InChI is InChI=1S/C12H19NO4/c14-7-4-2-1-3-5-12(16-9-10-17-12)11-13-6-8-15-11/h6,8,14H,1-5,7,9-10H2. The van der Waals surface area contributed by atoms with Crippen LogP contribution in [0.3, 0.4) is 0 Å². The highest BCUT2D eigenvalue weighted by molar-refractivity contribution is 4.94. The second-order valence-corrected chi connectivity index (χ2v) is 4.17. The van der Waals surface area contributed by atoms with E-state index in [-0.39, 0.29) is 6.61 Å². The smallest absolute Gasteiger partial charge is 0.255 e. The van der Waals surface area contributed by atoms with Crippen LogP contribution in [0.15, 0.2) is 16.9 Å². The highest BCUT2D eigenvalue weighted by Gasteiger charge is 2.42. The molecule has 1 aliphatic heterocycles. The van der Waals surface area contributed by atoms with Crippen LogP contribution in [0.5, 0.6) is 0 Å². The van der Waals surface area contributed by atoms with Crippen molar-refractivity contribution in [2.24, 2.45) is 0 Å². The summed E-state index contributed by atoms with van der Waals surface area (Å²) in [5.74, 6) is -0.264. The molecule has 2 heterocycles. The van der Waals surface area contributed by atoms with Gasteiger partial charge in [-0.25, -0.2) is 4.98 Å². The zero-order valence-corrected chi connectivity index (χ0v) is 9.93. The predicted molar refractivity (Wildman–Crippen MR) is 60.3 cm³/mol. The van der Waals surface area contributed by atoms with E-state index in [0.29, 0.717) is 19.1 Å². The SMILES string of the molecule is OCCCCCCC1(c2ncco2)OCCO1. The monoisotopic (exact) mass is 241 g/mol. The average molecular weight is 241 g/mol. The van der Waals surface area contributed by atoms with E-state index in [4.69, 9.17) is 19.0 Å². The van der Waals surface area contributed by atoms with E-state index in [1.807, 2.05) is 0 Å². The number of ether oxygens (including phenoxy) is 2. The number of unbranched alkanes of at least 4 members (excludes halogenated alkanes) is 3. The van der Waals surface area contributed by atoms with Crippen LogP contribution in [0.25, 0.3) is 0 Å². The Morgan fingerprint density at radius 3 is 2.59 bits per heavy atom. The van der Waals surface area contributed by atoms with Gasteiger partial charge in [0, 0.05) is 13.0 Å². The summed E-state index contributed by atoms with van der Waals surface area (Å²) in [7, 11) is 0. The molecular weight excluding hydrogens is 222 g/mol. The molecule has 1 saturated heterocycles. The number of aliphatic hydroxyl groups is 1. The first-order chi connectivity index (χ1) is 8.37. The van der Waals surface area contributed by atoms with Crippen molar-refractivity contribution in [1.82, 2.24) is 4.98 Å². The number of rotatable bonds is 7. The number of aromatic nitrogens is 1. The Kier molecular flexibility index (Phi) is 4.53. The molecule has 2 rings (SSSR count). The van der Waals surface area contributed by atoms with Crippen molar-refractivity contribution in [2.45, 2.75) is 37.9 Å². The molecule has 0 aliphatic carbocycles. The Morgan fingerprint density at radius 1 is 1.18 bits per heavy atom. The predicted octanol–water partition coefficient (Wildman–Crippen LogP) is 1.82. The van der Waals surface area contributed by atoms with E-state index in [1.165, 1.54) is 6.26 Å². The summed E-state index contributed by atoms with van der Waals surface area (Å²) in [4.78, 5) is 4.13. The van der Waals surface area contributed by atoms with Crippen LogP contribution in [0, 0.1) is 0 Å². The fraction of sp³-hybridized carbons (Fsp3) is 0.750. The molecule has 1 N–H and O–H groups in total. The molecule has 0 radical (unpaired) electrons. The van der Waals surface area contributed by atoms with Gasteiger partial charge in [0.15, 0.2) is 0 Å². The Bertz CT molecular complexity index is 306. The quantitative estimate of drug-likeness (QED) is 0.738. The first kappa shape index (κ1) is 12.5. The lowest BCUT2D eigenvalue weighted by atomic mass is 10.1. The lowest BCUT2D eigenvalue weighted by Crippen LogP contribution is -2.27. The minimum Gasteiger partial charge on any atom is -0.444 e. The largest absolute Gasteiger partial charge is 0.444 e. The molecule has 0 bridgehead atoms. The van der Waals surface area contributed by atoms with Crippen molar-refractivity contribution in [1.29, 1.82) is 0 Å². The zero-order valence-electron chi connectivity index (χ0n) is 9.93. The maximum atomic E-state index is 8.70. The molecule has 5 nitrogen and oxygen atoms in total. The van der Waals surface area contributed by atoms with Crippen LogP contribution in [0.1, 0.15) is 38.0 Å². The summed E-state index contributed by atoms with van der Waals surface area (Å²) in [6.07, 6.45) is 7.80. The molecule has 0 saturated carbocycles. The molecule has 96 valence electrons. The Balaban J connectivity index is 1.85. The fourth-order valence-electron chi connectivity index (χ4n) is 2.06. The summed E-state index contributed by atoms with van der Waals surface area (Å²) >= 11 is 0. The van der Waals surface area contributed by atoms with Crippen LogP contribution in [0.4, 0.5) is 0 Å². The molecule has 1 aromatic rings. The molecule has 0 unspecified atom stereocenters. The van der Waals surface area contributed by atoms with E-state index < -0.39 is 5.79 Å². The van der Waals surface area contributed by atoms with Crippen LogP contribution < -0.4 is 0 Å². The van der Waals surface area contributed by atoms with E-state index in [0.717, 1.165) is 32.1 Å². The van der Waals surface area contributed by atoms with Crippen LogP contribution >= 0.6 is 0 Å². The van der Waals surface area contributed by atoms with Gasteiger partial charge in [0.05, 0.1) is 19.4 Å². The lowest BCUT2D eigenvalue weighted by molar-refractivity contribution is -0.187. The van der Waals surface area contributed by atoms with Crippen molar-refractivity contribution in [3.05, 3.63) is 18.4 Å². The molecular formula is C12H19NO4. The lowest BCUT2D eigenvalue weighted by Gasteiger charge is -2.23. The van der Waals surface area contributed by atoms with Gasteiger partial charge in [0.1, 0.15) is 6.26 Å². The molecule has 17 heavy (non-hydrogen) atoms. The van der Waals surface area contributed by atoms with Gasteiger partial charge in [0.25, 0.3) is 5.89 Å². The van der Waals surface area contributed by atoms with Crippen molar-refractivity contribution < 1.29 is 19.0 Å². The van der Waals surface area contributed by atoms with Gasteiger partial charge >= 0.3 is 0 Å². The fourth-order valence-corrected chi connectivity index (χ4v) is 2.06. The minimum absolute atomic E-state index is 0.262. The third kappa shape index (κ3) is 3.06. The first-order valence-corrected chi connectivity index (χ1v) is 6.16. The Hall–Kier alpha value is -0.910. The summed E-state index contributed by atoms with van der Waals surface area (Å²) in [5.41, 5.74) is 0. The Morgan fingerprint density at radius 2 is 1.94 bits per heavy atom. The molecule has 1 aromatic heterocycles. The molecule has 5 heteroatoms. The van der Waals surface area contributed by atoms with Crippen molar-refractivity contribution in [3.8, 4) is 0 Å². The number of hydrogen-bond donors (Lipinski definition) is 1. The maximum Gasteiger partial charge on any atom is 0.255 e. The third-order valence-electron chi connectivity index (χ3n) is 2.93.